The molecule has 0 bridgehead atoms. The molecule has 0 unspecified atom stereocenters. The molecule has 2 aromatic carbocycles. The smallest absolute Gasteiger partial charge is 0.263 e. The molecule has 1 heterocycles. The number of nitrogens with zero attached hydrogens (tertiary/aromatic N) is 1. The zero-order chi connectivity index (χ0) is 19.6. The Morgan fingerprint density at radius 1 is 1.04 bits per heavy atom. The summed E-state index contributed by atoms with van der Waals surface area (Å²) in [6, 6.07) is 7.90. The number of anilines is 1. The number of sulfonamides is 1. The Morgan fingerprint density at radius 3 is 2.22 bits per heavy atom. The van der Waals surface area contributed by atoms with Gasteiger partial charge in [0.15, 0.2) is 22.9 Å². The summed E-state index contributed by atoms with van der Waals surface area (Å²) in [6.07, 6.45) is 0. The summed E-state index contributed by atoms with van der Waals surface area (Å²) in [5.74, 6) is 0.768. The lowest BCUT2D eigenvalue weighted by Gasteiger charge is -2.16. The van der Waals surface area contributed by atoms with E-state index in [0.717, 1.165) is 0 Å². The average molecular weight is 393 g/mol. The maximum atomic E-state index is 12.7. The first-order chi connectivity index (χ1) is 13.0. The van der Waals surface area contributed by atoms with Crippen LogP contribution in [0.4, 0.5) is 5.82 Å². The van der Waals surface area contributed by atoms with E-state index in [4.69, 9.17) is 24.5 Å². The van der Waals surface area contributed by atoms with E-state index in [1.165, 1.54) is 33.5 Å². The largest absolute Gasteiger partial charge is 0.492 e. The Morgan fingerprint density at radius 2 is 1.67 bits per heavy atom. The summed E-state index contributed by atoms with van der Waals surface area (Å²) in [4.78, 5) is 0.0830. The standard InChI is InChI=1S/C17H19N3O6S/c1-23-14-11(9-18)13-12(15(24-2)16(14)25-3)17(19-26-13)20-27(21,22)10-7-5-4-6-8-10/h4-8H,9,18H2,1-3H3,(H,19,20). The molecule has 0 spiro atoms. The first-order valence-electron chi connectivity index (χ1n) is 7.86. The lowest BCUT2D eigenvalue weighted by Crippen LogP contribution is -2.13. The molecule has 1 aromatic heterocycles. The quantitative estimate of drug-likeness (QED) is 0.625. The van der Waals surface area contributed by atoms with E-state index in [1.54, 1.807) is 18.2 Å². The summed E-state index contributed by atoms with van der Waals surface area (Å²) in [5.41, 5.74) is 6.55. The van der Waals surface area contributed by atoms with E-state index in [9.17, 15) is 8.42 Å². The molecule has 3 rings (SSSR count). The fraction of sp³-hybridized carbons (Fsp3) is 0.235. The van der Waals surface area contributed by atoms with Gasteiger partial charge in [0.05, 0.1) is 31.8 Å². The van der Waals surface area contributed by atoms with Gasteiger partial charge in [0.2, 0.25) is 5.75 Å². The van der Waals surface area contributed by atoms with Crippen LogP contribution in [0, 0.1) is 0 Å². The minimum atomic E-state index is -3.89. The van der Waals surface area contributed by atoms with E-state index in [2.05, 4.69) is 9.88 Å². The van der Waals surface area contributed by atoms with Gasteiger partial charge in [-0.1, -0.05) is 23.4 Å². The van der Waals surface area contributed by atoms with Gasteiger partial charge in [-0.25, -0.2) is 8.42 Å². The second kappa shape index (κ2) is 7.33. The highest BCUT2D eigenvalue weighted by Gasteiger charge is 2.29. The van der Waals surface area contributed by atoms with Crippen molar-refractivity contribution >= 4 is 26.8 Å². The highest BCUT2D eigenvalue weighted by Crippen LogP contribution is 2.49. The molecular formula is C17H19N3O6S. The van der Waals surface area contributed by atoms with Crippen LogP contribution >= 0.6 is 0 Å². The molecule has 0 aliphatic heterocycles. The van der Waals surface area contributed by atoms with Crippen LogP contribution in [0.1, 0.15) is 5.56 Å². The molecule has 3 aromatic rings. The van der Waals surface area contributed by atoms with Gasteiger partial charge < -0.3 is 24.5 Å². The summed E-state index contributed by atoms with van der Waals surface area (Å²) < 4.78 is 49.3. The lowest BCUT2D eigenvalue weighted by molar-refractivity contribution is 0.324. The third-order valence-corrected chi connectivity index (χ3v) is 5.34. The van der Waals surface area contributed by atoms with E-state index < -0.39 is 10.0 Å². The fourth-order valence-electron chi connectivity index (χ4n) is 2.80. The van der Waals surface area contributed by atoms with Gasteiger partial charge in [-0.05, 0) is 12.1 Å². The maximum absolute atomic E-state index is 12.7. The molecule has 10 heteroatoms. The molecule has 9 nitrogen and oxygen atoms in total. The Hall–Kier alpha value is -2.98. The van der Waals surface area contributed by atoms with Gasteiger partial charge in [0, 0.05) is 6.54 Å². The Balaban J connectivity index is 2.24. The second-order valence-electron chi connectivity index (χ2n) is 5.44. The number of hydrogen-bond acceptors (Lipinski definition) is 8. The van der Waals surface area contributed by atoms with E-state index in [1.807, 2.05) is 0 Å². The third-order valence-electron chi connectivity index (χ3n) is 3.98. The van der Waals surface area contributed by atoms with Crippen molar-refractivity contribution in [1.29, 1.82) is 0 Å². The van der Waals surface area contributed by atoms with Crippen LogP contribution in [0.3, 0.4) is 0 Å². The van der Waals surface area contributed by atoms with Gasteiger partial charge in [0.25, 0.3) is 10.0 Å². The van der Waals surface area contributed by atoms with E-state index in [0.29, 0.717) is 11.3 Å². The number of benzene rings is 2. The zero-order valence-corrected chi connectivity index (χ0v) is 15.8. The minimum Gasteiger partial charge on any atom is -0.492 e. The van der Waals surface area contributed by atoms with Crippen LogP contribution < -0.4 is 24.7 Å². The van der Waals surface area contributed by atoms with Gasteiger partial charge in [0.1, 0.15) is 5.39 Å². The number of nitrogens with one attached hydrogen (secondary N) is 1. The highest BCUT2D eigenvalue weighted by molar-refractivity contribution is 7.92. The first kappa shape index (κ1) is 18.8. The van der Waals surface area contributed by atoms with Crippen LogP contribution in [-0.2, 0) is 16.6 Å². The fourth-order valence-corrected chi connectivity index (χ4v) is 3.83. The number of fused-ring (bicyclic) bond motifs is 1. The molecular weight excluding hydrogens is 374 g/mol. The monoisotopic (exact) mass is 393 g/mol. The zero-order valence-electron chi connectivity index (χ0n) is 15.0. The van der Waals surface area contributed by atoms with Gasteiger partial charge >= 0.3 is 0 Å². The summed E-state index contributed by atoms with van der Waals surface area (Å²) in [7, 11) is 0.426. The van der Waals surface area contributed by atoms with Crippen molar-refractivity contribution in [3.05, 3.63) is 35.9 Å². The Kier molecular flexibility index (Phi) is 5.10. The number of nitrogens with two attached hydrogens (primary N) is 1. The predicted molar refractivity (Wildman–Crippen MR) is 98.8 cm³/mol. The second-order valence-corrected chi connectivity index (χ2v) is 7.12. The summed E-state index contributed by atoms with van der Waals surface area (Å²) >= 11 is 0. The summed E-state index contributed by atoms with van der Waals surface area (Å²) in [6.45, 7) is 0.0557. The molecule has 144 valence electrons. The van der Waals surface area contributed by atoms with Gasteiger partial charge in [-0.15, -0.1) is 0 Å². The minimum absolute atomic E-state index is 0.0404. The summed E-state index contributed by atoms with van der Waals surface area (Å²) in [5, 5.41) is 4.15. The normalized spacial score (nSPS) is 11.4. The number of ether oxygens (including phenoxy) is 3. The molecule has 0 saturated carbocycles. The maximum Gasteiger partial charge on any atom is 0.263 e. The van der Waals surface area contributed by atoms with Crippen molar-refractivity contribution in [3.63, 3.8) is 0 Å². The van der Waals surface area contributed by atoms with Gasteiger partial charge in [-0.2, -0.15) is 0 Å². The number of aromatic nitrogens is 1. The Bertz CT molecular complexity index is 1060. The van der Waals surface area contributed by atoms with Crippen molar-refractivity contribution in [1.82, 2.24) is 5.16 Å². The SMILES string of the molecule is COc1c(OC)c(OC)c2c(NS(=O)(=O)c3ccccc3)noc2c1CN. The molecule has 3 N–H and O–H groups in total. The van der Waals surface area contributed by atoms with Crippen molar-refractivity contribution in [2.45, 2.75) is 11.4 Å². The molecule has 0 aliphatic rings. The van der Waals surface area contributed by atoms with Crippen LogP contribution in [0.2, 0.25) is 0 Å². The average Bonchev–Trinajstić information content (AvgIpc) is 3.09. The van der Waals surface area contributed by atoms with Crippen LogP contribution in [0.5, 0.6) is 17.2 Å². The lowest BCUT2D eigenvalue weighted by atomic mass is 10.1. The van der Waals surface area contributed by atoms with Crippen LogP contribution in [0.15, 0.2) is 39.8 Å². The Labute approximate surface area is 156 Å². The molecule has 0 fully saturated rings. The number of methoxy groups -OCH3 is 3. The molecule has 27 heavy (non-hydrogen) atoms. The molecule has 0 atom stereocenters. The van der Waals surface area contributed by atoms with Gasteiger partial charge in [-0.3, -0.25) is 4.72 Å². The van der Waals surface area contributed by atoms with Crippen molar-refractivity contribution in [3.8, 4) is 17.2 Å². The first-order valence-corrected chi connectivity index (χ1v) is 9.34. The topological polar surface area (TPSA) is 126 Å². The molecule has 0 aliphatic carbocycles. The van der Waals surface area contributed by atoms with E-state index in [-0.39, 0.29) is 39.7 Å². The van der Waals surface area contributed by atoms with Crippen LogP contribution in [-0.4, -0.2) is 34.9 Å². The molecule has 0 saturated heterocycles. The predicted octanol–water partition coefficient (Wildman–Crippen LogP) is 2.11. The van der Waals surface area contributed by atoms with Crippen molar-refractivity contribution < 1.29 is 27.2 Å². The molecule has 0 radical (unpaired) electrons. The number of hydrogen-bond donors (Lipinski definition) is 2. The highest BCUT2D eigenvalue weighted by atomic mass is 32.2. The van der Waals surface area contributed by atoms with E-state index >= 15 is 0 Å². The van der Waals surface area contributed by atoms with Crippen molar-refractivity contribution in [2.24, 2.45) is 5.73 Å². The van der Waals surface area contributed by atoms with Crippen LogP contribution in [0.25, 0.3) is 11.0 Å². The third kappa shape index (κ3) is 3.13. The molecule has 0 amide bonds. The number of rotatable bonds is 7. The van der Waals surface area contributed by atoms with Crippen molar-refractivity contribution in [2.75, 3.05) is 26.1 Å².